The summed E-state index contributed by atoms with van der Waals surface area (Å²) in [6, 6.07) is 1.78. The number of pyridine rings is 1. The van der Waals surface area contributed by atoms with E-state index in [2.05, 4.69) is 22.1 Å². The predicted octanol–water partition coefficient (Wildman–Crippen LogP) is 3.58. The van der Waals surface area contributed by atoms with Crippen LogP contribution in [0.15, 0.2) is 6.07 Å². The molecule has 2 atom stereocenters. The van der Waals surface area contributed by atoms with E-state index in [0.29, 0.717) is 28.1 Å². The summed E-state index contributed by atoms with van der Waals surface area (Å²) in [7, 11) is 0. The Labute approximate surface area is 129 Å². The number of nitrogens with zero attached hydrogens (tertiary/aromatic N) is 2. The van der Waals surface area contributed by atoms with Crippen LogP contribution in [0.25, 0.3) is 0 Å². The SMILES string of the molecule is CCCNc1nc(N2CC3CCC(C2)O3)c(Cl)cc1Cl. The molecule has 1 aromatic rings. The normalized spacial score (nSPS) is 25.1. The van der Waals surface area contributed by atoms with Crippen LogP contribution in [0.2, 0.25) is 10.0 Å². The van der Waals surface area contributed by atoms with Gasteiger partial charge in [-0.3, -0.25) is 0 Å². The molecule has 1 N–H and O–H groups in total. The van der Waals surface area contributed by atoms with Crippen molar-refractivity contribution in [3.63, 3.8) is 0 Å². The van der Waals surface area contributed by atoms with E-state index in [0.717, 1.165) is 44.7 Å². The zero-order chi connectivity index (χ0) is 14.1. The maximum Gasteiger partial charge on any atom is 0.150 e. The van der Waals surface area contributed by atoms with Gasteiger partial charge in [-0.1, -0.05) is 30.1 Å². The Morgan fingerprint density at radius 2 is 2.00 bits per heavy atom. The highest BCUT2D eigenvalue weighted by molar-refractivity contribution is 6.37. The first-order valence-corrected chi connectivity index (χ1v) is 7.93. The number of hydrogen-bond acceptors (Lipinski definition) is 4. The molecule has 20 heavy (non-hydrogen) atoms. The Morgan fingerprint density at radius 1 is 1.30 bits per heavy atom. The van der Waals surface area contributed by atoms with Crippen LogP contribution in [0.1, 0.15) is 26.2 Å². The van der Waals surface area contributed by atoms with Crippen LogP contribution < -0.4 is 10.2 Å². The van der Waals surface area contributed by atoms with E-state index in [1.54, 1.807) is 6.07 Å². The molecule has 2 bridgehead atoms. The zero-order valence-corrected chi connectivity index (χ0v) is 13.0. The second-order valence-electron chi connectivity index (χ2n) is 5.41. The molecule has 4 nitrogen and oxygen atoms in total. The van der Waals surface area contributed by atoms with Crippen molar-refractivity contribution in [3.05, 3.63) is 16.1 Å². The van der Waals surface area contributed by atoms with E-state index in [-0.39, 0.29) is 0 Å². The summed E-state index contributed by atoms with van der Waals surface area (Å²) < 4.78 is 5.85. The largest absolute Gasteiger partial charge is 0.371 e. The Balaban J connectivity index is 1.84. The molecule has 6 heteroatoms. The van der Waals surface area contributed by atoms with Crippen LogP contribution in [0, 0.1) is 0 Å². The number of rotatable bonds is 4. The lowest BCUT2D eigenvalue weighted by Crippen LogP contribution is -2.43. The molecule has 0 spiro atoms. The molecule has 0 aromatic carbocycles. The van der Waals surface area contributed by atoms with Gasteiger partial charge in [0, 0.05) is 19.6 Å². The summed E-state index contributed by atoms with van der Waals surface area (Å²) in [6.07, 6.45) is 3.92. The molecule has 3 heterocycles. The standard InChI is InChI=1S/C14H19Cl2N3O/c1-2-5-17-13-11(15)6-12(16)14(18-13)19-7-9-3-4-10(8-19)20-9/h6,9-10H,2-5,7-8H2,1H3,(H,17,18). The van der Waals surface area contributed by atoms with Crippen molar-refractivity contribution in [1.82, 2.24) is 4.98 Å². The van der Waals surface area contributed by atoms with E-state index in [1.165, 1.54) is 0 Å². The monoisotopic (exact) mass is 315 g/mol. The molecular formula is C14H19Cl2N3O. The van der Waals surface area contributed by atoms with Crippen LogP contribution in [-0.4, -0.2) is 36.8 Å². The van der Waals surface area contributed by atoms with Gasteiger partial charge in [-0.05, 0) is 25.3 Å². The number of hydrogen-bond donors (Lipinski definition) is 1. The maximum absolute atomic E-state index is 6.33. The smallest absolute Gasteiger partial charge is 0.150 e. The Kier molecular flexibility index (Phi) is 4.24. The van der Waals surface area contributed by atoms with Crippen LogP contribution in [0.5, 0.6) is 0 Å². The fraction of sp³-hybridized carbons (Fsp3) is 0.643. The van der Waals surface area contributed by atoms with Crippen molar-refractivity contribution >= 4 is 34.8 Å². The Bertz CT molecular complexity index is 486. The summed E-state index contributed by atoms with van der Waals surface area (Å²) in [4.78, 5) is 6.85. The van der Waals surface area contributed by atoms with Crippen molar-refractivity contribution in [2.45, 2.75) is 38.4 Å². The zero-order valence-electron chi connectivity index (χ0n) is 11.5. The molecule has 2 aliphatic heterocycles. The summed E-state index contributed by atoms with van der Waals surface area (Å²) >= 11 is 12.5. The number of aromatic nitrogens is 1. The first-order chi connectivity index (χ1) is 9.67. The predicted molar refractivity (Wildman–Crippen MR) is 83.1 cm³/mol. The quantitative estimate of drug-likeness (QED) is 0.921. The summed E-state index contributed by atoms with van der Waals surface area (Å²) in [5.41, 5.74) is 0. The molecule has 2 unspecified atom stereocenters. The average molecular weight is 316 g/mol. The average Bonchev–Trinajstić information content (AvgIpc) is 2.76. The minimum atomic E-state index is 0.314. The molecule has 2 fully saturated rings. The number of nitrogens with one attached hydrogen (secondary N) is 1. The van der Waals surface area contributed by atoms with Crippen molar-refractivity contribution in [3.8, 4) is 0 Å². The summed E-state index contributed by atoms with van der Waals surface area (Å²) in [5.74, 6) is 1.53. The molecule has 2 saturated heterocycles. The van der Waals surface area contributed by atoms with Gasteiger partial charge in [0.15, 0.2) is 0 Å². The molecule has 0 radical (unpaired) electrons. The highest BCUT2D eigenvalue weighted by Crippen LogP contribution is 2.35. The second kappa shape index (κ2) is 5.96. The van der Waals surface area contributed by atoms with Crippen LogP contribution >= 0.6 is 23.2 Å². The number of ether oxygens (including phenoxy) is 1. The van der Waals surface area contributed by atoms with Gasteiger partial charge in [-0.25, -0.2) is 4.98 Å². The maximum atomic E-state index is 6.33. The minimum absolute atomic E-state index is 0.314. The highest BCUT2D eigenvalue weighted by atomic mass is 35.5. The topological polar surface area (TPSA) is 37.4 Å². The molecular weight excluding hydrogens is 297 g/mol. The number of fused-ring (bicyclic) bond motifs is 2. The lowest BCUT2D eigenvalue weighted by molar-refractivity contribution is 0.0302. The molecule has 110 valence electrons. The number of morpholine rings is 1. The van der Waals surface area contributed by atoms with E-state index >= 15 is 0 Å². The summed E-state index contributed by atoms with van der Waals surface area (Å²) in [6.45, 7) is 4.68. The number of anilines is 2. The first-order valence-electron chi connectivity index (χ1n) is 7.17. The van der Waals surface area contributed by atoms with Crippen molar-refractivity contribution in [2.24, 2.45) is 0 Å². The van der Waals surface area contributed by atoms with Crippen molar-refractivity contribution in [1.29, 1.82) is 0 Å². The van der Waals surface area contributed by atoms with Crippen LogP contribution in [-0.2, 0) is 4.74 Å². The fourth-order valence-corrected chi connectivity index (χ4v) is 3.38. The van der Waals surface area contributed by atoms with Gasteiger partial charge in [0.05, 0.1) is 22.3 Å². The lowest BCUT2D eigenvalue weighted by atomic mass is 10.2. The summed E-state index contributed by atoms with van der Waals surface area (Å²) in [5, 5.41) is 4.43. The molecule has 1 aromatic heterocycles. The van der Waals surface area contributed by atoms with Gasteiger partial charge in [0.1, 0.15) is 11.6 Å². The van der Waals surface area contributed by atoms with Gasteiger partial charge < -0.3 is 15.0 Å². The van der Waals surface area contributed by atoms with Crippen LogP contribution in [0.3, 0.4) is 0 Å². The third-order valence-electron chi connectivity index (χ3n) is 3.80. The lowest BCUT2D eigenvalue weighted by Gasteiger charge is -2.33. The Hall–Kier alpha value is -0.710. The number of halogens is 2. The fourth-order valence-electron chi connectivity index (χ4n) is 2.83. The highest BCUT2D eigenvalue weighted by Gasteiger charge is 2.35. The first kappa shape index (κ1) is 14.2. The van der Waals surface area contributed by atoms with Crippen molar-refractivity contribution in [2.75, 3.05) is 29.9 Å². The third kappa shape index (κ3) is 2.83. The minimum Gasteiger partial charge on any atom is -0.371 e. The van der Waals surface area contributed by atoms with E-state index in [4.69, 9.17) is 27.9 Å². The molecule has 3 rings (SSSR count). The third-order valence-corrected chi connectivity index (χ3v) is 4.36. The van der Waals surface area contributed by atoms with Gasteiger partial charge in [-0.15, -0.1) is 0 Å². The van der Waals surface area contributed by atoms with E-state index in [1.807, 2.05) is 0 Å². The van der Waals surface area contributed by atoms with Crippen molar-refractivity contribution < 1.29 is 4.74 Å². The molecule has 0 saturated carbocycles. The Morgan fingerprint density at radius 3 is 2.65 bits per heavy atom. The molecule has 0 aliphatic carbocycles. The van der Waals surface area contributed by atoms with E-state index in [9.17, 15) is 0 Å². The van der Waals surface area contributed by atoms with Gasteiger partial charge >= 0.3 is 0 Å². The van der Waals surface area contributed by atoms with E-state index < -0.39 is 0 Å². The second-order valence-corrected chi connectivity index (χ2v) is 6.23. The van der Waals surface area contributed by atoms with Gasteiger partial charge in [0.2, 0.25) is 0 Å². The van der Waals surface area contributed by atoms with Gasteiger partial charge in [0.25, 0.3) is 0 Å². The van der Waals surface area contributed by atoms with Crippen LogP contribution in [0.4, 0.5) is 11.6 Å². The molecule has 0 amide bonds. The van der Waals surface area contributed by atoms with Gasteiger partial charge in [-0.2, -0.15) is 0 Å². The molecule has 2 aliphatic rings.